The molecule has 1 aromatic heterocycles. The van der Waals surface area contributed by atoms with E-state index >= 15 is 0 Å². The van der Waals surface area contributed by atoms with Crippen LogP contribution in [-0.2, 0) is 11.3 Å². The summed E-state index contributed by atoms with van der Waals surface area (Å²) < 4.78 is 5.35. The number of nitrogens with zero attached hydrogens (tertiary/aromatic N) is 2. The van der Waals surface area contributed by atoms with Gasteiger partial charge in [-0.1, -0.05) is 13.8 Å². The first-order valence-electron chi connectivity index (χ1n) is 6.57. The van der Waals surface area contributed by atoms with Gasteiger partial charge < -0.3 is 15.0 Å². The molecule has 0 radical (unpaired) electrons. The fourth-order valence-corrected chi connectivity index (χ4v) is 2.35. The van der Waals surface area contributed by atoms with Crippen molar-refractivity contribution in [2.75, 3.05) is 38.3 Å². The van der Waals surface area contributed by atoms with Crippen LogP contribution in [0.2, 0.25) is 0 Å². The van der Waals surface area contributed by atoms with Crippen LogP contribution < -0.4 is 10.2 Å². The Kier molecular flexibility index (Phi) is 7.23. The van der Waals surface area contributed by atoms with Crippen LogP contribution in [0, 0.1) is 5.92 Å². The van der Waals surface area contributed by atoms with E-state index in [1.807, 2.05) is 13.1 Å². The molecule has 0 aliphatic rings. The molecule has 1 rings (SSSR count). The van der Waals surface area contributed by atoms with Crippen LogP contribution in [0.4, 0.5) is 5.13 Å². The smallest absolute Gasteiger partial charge is 0.185 e. The Morgan fingerprint density at radius 1 is 1.50 bits per heavy atom. The summed E-state index contributed by atoms with van der Waals surface area (Å²) in [6.07, 6.45) is 1.96. The van der Waals surface area contributed by atoms with E-state index in [4.69, 9.17) is 4.74 Å². The van der Waals surface area contributed by atoms with E-state index in [1.165, 1.54) is 4.88 Å². The lowest BCUT2D eigenvalue weighted by Gasteiger charge is -2.14. The Morgan fingerprint density at radius 2 is 2.28 bits per heavy atom. The maximum Gasteiger partial charge on any atom is 0.185 e. The molecule has 104 valence electrons. The SMILES string of the molecule is CCOCCN(C)c1ncc(CNCC(C)C)s1. The molecule has 0 aliphatic carbocycles. The number of rotatable bonds is 9. The Bertz CT molecular complexity index is 328. The first-order chi connectivity index (χ1) is 8.63. The molecule has 0 fully saturated rings. The molecular formula is C13H25N3OS. The largest absolute Gasteiger partial charge is 0.380 e. The van der Waals surface area contributed by atoms with Crippen LogP contribution in [0.3, 0.4) is 0 Å². The van der Waals surface area contributed by atoms with E-state index in [0.717, 1.165) is 38.0 Å². The first kappa shape index (κ1) is 15.4. The van der Waals surface area contributed by atoms with Crippen molar-refractivity contribution in [2.45, 2.75) is 27.3 Å². The molecule has 0 saturated carbocycles. The molecule has 1 N–H and O–H groups in total. The lowest BCUT2D eigenvalue weighted by Crippen LogP contribution is -2.22. The van der Waals surface area contributed by atoms with Crippen molar-refractivity contribution >= 4 is 16.5 Å². The van der Waals surface area contributed by atoms with E-state index < -0.39 is 0 Å². The third-order valence-corrected chi connectivity index (χ3v) is 3.61. The minimum atomic E-state index is 0.686. The van der Waals surface area contributed by atoms with E-state index in [1.54, 1.807) is 11.3 Å². The highest BCUT2D eigenvalue weighted by Gasteiger charge is 2.06. The summed E-state index contributed by atoms with van der Waals surface area (Å²) in [5, 5.41) is 4.50. The molecule has 18 heavy (non-hydrogen) atoms. The summed E-state index contributed by atoms with van der Waals surface area (Å²) in [5.74, 6) is 0.686. The Morgan fingerprint density at radius 3 is 2.94 bits per heavy atom. The van der Waals surface area contributed by atoms with Crippen molar-refractivity contribution in [1.29, 1.82) is 0 Å². The van der Waals surface area contributed by atoms with Gasteiger partial charge in [-0.25, -0.2) is 4.98 Å². The zero-order valence-electron chi connectivity index (χ0n) is 11.9. The maximum absolute atomic E-state index is 5.35. The van der Waals surface area contributed by atoms with Gasteiger partial charge in [-0.15, -0.1) is 11.3 Å². The number of aromatic nitrogens is 1. The van der Waals surface area contributed by atoms with E-state index in [9.17, 15) is 0 Å². The van der Waals surface area contributed by atoms with E-state index in [-0.39, 0.29) is 0 Å². The highest BCUT2D eigenvalue weighted by atomic mass is 32.1. The number of hydrogen-bond acceptors (Lipinski definition) is 5. The number of nitrogens with one attached hydrogen (secondary N) is 1. The second-order valence-corrected chi connectivity index (χ2v) is 5.85. The molecule has 1 aromatic rings. The topological polar surface area (TPSA) is 37.4 Å². The Labute approximate surface area is 114 Å². The van der Waals surface area contributed by atoms with Crippen LogP contribution in [0.25, 0.3) is 0 Å². The lowest BCUT2D eigenvalue weighted by atomic mass is 10.2. The van der Waals surface area contributed by atoms with Gasteiger partial charge in [-0.3, -0.25) is 0 Å². The number of anilines is 1. The monoisotopic (exact) mass is 271 g/mol. The van der Waals surface area contributed by atoms with Gasteiger partial charge >= 0.3 is 0 Å². The molecule has 0 unspecified atom stereocenters. The number of likely N-dealkylation sites (N-methyl/N-ethyl adjacent to an activating group) is 1. The predicted molar refractivity (Wildman–Crippen MR) is 78.4 cm³/mol. The summed E-state index contributed by atoms with van der Waals surface area (Å²) in [4.78, 5) is 7.87. The minimum absolute atomic E-state index is 0.686. The van der Waals surface area contributed by atoms with Gasteiger partial charge in [-0.2, -0.15) is 0 Å². The van der Waals surface area contributed by atoms with Crippen LogP contribution in [0.1, 0.15) is 25.6 Å². The Hall–Kier alpha value is -0.650. The molecule has 0 amide bonds. The quantitative estimate of drug-likeness (QED) is 0.700. The van der Waals surface area contributed by atoms with Crippen molar-refractivity contribution < 1.29 is 4.74 Å². The summed E-state index contributed by atoms with van der Waals surface area (Å²) in [7, 11) is 2.06. The fourth-order valence-electron chi connectivity index (χ4n) is 1.48. The van der Waals surface area contributed by atoms with Crippen molar-refractivity contribution in [1.82, 2.24) is 10.3 Å². The van der Waals surface area contributed by atoms with Crippen LogP contribution in [0.5, 0.6) is 0 Å². The van der Waals surface area contributed by atoms with Crippen molar-refractivity contribution in [3.8, 4) is 0 Å². The number of hydrogen-bond donors (Lipinski definition) is 1. The highest BCUT2D eigenvalue weighted by molar-refractivity contribution is 7.15. The Balaban J connectivity index is 2.32. The summed E-state index contributed by atoms with van der Waals surface area (Å²) >= 11 is 1.75. The van der Waals surface area contributed by atoms with Gasteiger partial charge in [0.1, 0.15) is 0 Å². The lowest BCUT2D eigenvalue weighted by molar-refractivity contribution is 0.154. The molecule has 0 spiro atoms. The standard InChI is InChI=1S/C13H25N3OS/c1-5-17-7-6-16(4)13-15-10-12(18-13)9-14-8-11(2)3/h10-11,14H,5-9H2,1-4H3. The van der Waals surface area contributed by atoms with E-state index in [0.29, 0.717) is 5.92 Å². The molecule has 0 saturated heterocycles. The van der Waals surface area contributed by atoms with Gasteiger partial charge in [0.15, 0.2) is 5.13 Å². The van der Waals surface area contributed by atoms with Crippen molar-refractivity contribution in [2.24, 2.45) is 5.92 Å². The van der Waals surface area contributed by atoms with Crippen molar-refractivity contribution in [3.63, 3.8) is 0 Å². The first-order valence-corrected chi connectivity index (χ1v) is 7.39. The molecule has 0 atom stereocenters. The normalized spacial score (nSPS) is 11.2. The molecule has 0 aromatic carbocycles. The maximum atomic E-state index is 5.35. The molecule has 0 aliphatic heterocycles. The van der Waals surface area contributed by atoms with Gasteiger partial charge in [-0.05, 0) is 19.4 Å². The molecular weight excluding hydrogens is 246 g/mol. The third-order valence-electron chi connectivity index (χ3n) is 2.49. The van der Waals surface area contributed by atoms with Crippen LogP contribution >= 0.6 is 11.3 Å². The van der Waals surface area contributed by atoms with Crippen LogP contribution in [0.15, 0.2) is 6.20 Å². The number of thiazole rings is 1. The van der Waals surface area contributed by atoms with Crippen molar-refractivity contribution in [3.05, 3.63) is 11.1 Å². The molecule has 5 heteroatoms. The predicted octanol–water partition coefficient (Wildman–Crippen LogP) is 2.36. The zero-order valence-corrected chi connectivity index (χ0v) is 12.7. The fraction of sp³-hybridized carbons (Fsp3) is 0.769. The van der Waals surface area contributed by atoms with Gasteiger partial charge in [0, 0.05) is 37.8 Å². The van der Waals surface area contributed by atoms with Crippen LogP contribution in [-0.4, -0.2) is 38.3 Å². The average Bonchev–Trinajstić information content (AvgIpc) is 2.77. The molecule has 1 heterocycles. The van der Waals surface area contributed by atoms with Gasteiger partial charge in [0.05, 0.1) is 6.61 Å². The molecule has 0 bridgehead atoms. The molecule has 4 nitrogen and oxygen atoms in total. The number of ether oxygens (including phenoxy) is 1. The second kappa shape index (κ2) is 8.45. The third kappa shape index (κ3) is 5.80. The average molecular weight is 271 g/mol. The minimum Gasteiger partial charge on any atom is -0.380 e. The van der Waals surface area contributed by atoms with E-state index in [2.05, 4.69) is 36.1 Å². The zero-order chi connectivity index (χ0) is 13.4. The highest BCUT2D eigenvalue weighted by Crippen LogP contribution is 2.21. The summed E-state index contributed by atoms with van der Waals surface area (Å²) in [6, 6.07) is 0. The van der Waals surface area contributed by atoms with Gasteiger partial charge in [0.2, 0.25) is 0 Å². The summed E-state index contributed by atoms with van der Waals surface area (Å²) in [6.45, 7) is 10.8. The second-order valence-electron chi connectivity index (χ2n) is 4.75. The van der Waals surface area contributed by atoms with Gasteiger partial charge in [0.25, 0.3) is 0 Å². The summed E-state index contributed by atoms with van der Waals surface area (Å²) in [5.41, 5.74) is 0.